The Morgan fingerprint density at radius 1 is 0.965 bits per heavy atom. The quantitative estimate of drug-likeness (QED) is 0.0529. The molecule has 3 heterocycles. The van der Waals surface area contributed by atoms with Crippen LogP contribution in [0.3, 0.4) is 0 Å². The highest BCUT2D eigenvalue weighted by Crippen LogP contribution is 2.50. The number of nitrogens with zero attached hydrogens (tertiary/aromatic N) is 4. The maximum atomic E-state index is 13.5. The molecule has 57 heavy (non-hydrogen) atoms. The third kappa shape index (κ3) is 9.37. The van der Waals surface area contributed by atoms with E-state index in [1.165, 1.54) is 22.1 Å². The summed E-state index contributed by atoms with van der Waals surface area (Å²) in [5.41, 5.74) is 0.468. The fraction of sp³-hybridized carbons (Fsp3) is 0.381. The molecule has 1 N–H and O–H groups in total. The zero-order valence-electron chi connectivity index (χ0n) is 32.9. The highest BCUT2D eigenvalue weighted by molar-refractivity contribution is 7.44. The summed E-state index contributed by atoms with van der Waals surface area (Å²) in [5.74, 6) is 1.39. The van der Waals surface area contributed by atoms with Crippen LogP contribution in [-0.2, 0) is 24.1 Å². The molecule has 4 atom stereocenters. The number of rotatable bonds is 18. The van der Waals surface area contributed by atoms with E-state index in [1.54, 1.807) is 25.8 Å². The van der Waals surface area contributed by atoms with E-state index >= 15 is 0 Å². The maximum absolute atomic E-state index is 13.5. The fourth-order valence-electron chi connectivity index (χ4n) is 7.03. The molecule has 0 saturated carbocycles. The zero-order valence-corrected chi connectivity index (χ0v) is 34.6. The summed E-state index contributed by atoms with van der Waals surface area (Å²) >= 11 is 1.29. The molecular formula is C42H48N5O8PS. The summed E-state index contributed by atoms with van der Waals surface area (Å²) in [7, 11) is 1.54. The van der Waals surface area contributed by atoms with Gasteiger partial charge in [0.15, 0.2) is 0 Å². The Balaban J connectivity index is 1.45. The summed E-state index contributed by atoms with van der Waals surface area (Å²) in [4.78, 5) is 33.2. The van der Waals surface area contributed by atoms with Gasteiger partial charge >= 0.3 is 5.69 Å². The van der Waals surface area contributed by atoms with Crippen LogP contribution in [0.15, 0.2) is 106 Å². The van der Waals surface area contributed by atoms with E-state index < -0.39 is 43.8 Å². The van der Waals surface area contributed by atoms with Crippen LogP contribution >= 0.6 is 19.9 Å². The van der Waals surface area contributed by atoms with E-state index in [-0.39, 0.29) is 43.7 Å². The van der Waals surface area contributed by atoms with Gasteiger partial charge in [-0.1, -0.05) is 54.6 Å². The molecule has 1 aliphatic heterocycles. The molecule has 1 saturated heterocycles. The second-order valence-electron chi connectivity index (χ2n) is 13.9. The largest absolute Gasteiger partial charge is 0.497 e. The highest BCUT2D eigenvalue weighted by atomic mass is 32.1. The first-order valence-electron chi connectivity index (χ1n) is 18.7. The van der Waals surface area contributed by atoms with Gasteiger partial charge in [0, 0.05) is 36.3 Å². The number of hydrogen-bond acceptors (Lipinski definition) is 12. The number of aromatic amines is 1. The van der Waals surface area contributed by atoms with Gasteiger partial charge in [0.25, 0.3) is 14.1 Å². The van der Waals surface area contributed by atoms with Crippen molar-refractivity contribution >= 4 is 19.9 Å². The summed E-state index contributed by atoms with van der Waals surface area (Å²) in [6, 6.07) is 27.7. The van der Waals surface area contributed by atoms with Gasteiger partial charge in [-0.25, -0.2) is 14.4 Å². The van der Waals surface area contributed by atoms with Crippen molar-refractivity contribution in [3.8, 4) is 28.1 Å². The molecule has 1 aliphatic rings. The van der Waals surface area contributed by atoms with Gasteiger partial charge in [-0.05, 0) is 68.7 Å². The average molecular weight is 814 g/mol. The molecule has 300 valence electrons. The van der Waals surface area contributed by atoms with Crippen molar-refractivity contribution in [1.29, 1.82) is 5.26 Å². The Morgan fingerprint density at radius 3 is 2.12 bits per heavy atom. The van der Waals surface area contributed by atoms with Gasteiger partial charge in [0.1, 0.15) is 34.4 Å². The molecule has 0 bridgehead atoms. The number of benzene rings is 3. The second kappa shape index (κ2) is 19.2. The Morgan fingerprint density at radius 2 is 1.58 bits per heavy atom. The van der Waals surface area contributed by atoms with Gasteiger partial charge in [-0.15, -0.1) is 11.3 Å². The van der Waals surface area contributed by atoms with E-state index in [4.69, 9.17) is 28.0 Å². The van der Waals surface area contributed by atoms with Crippen molar-refractivity contribution in [3.63, 3.8) is 0 Å². The van der Waals surface area contributed by atoms with Crippen LogP contribution in [0.2, 0.25) is 0 Å². The summed E-state index contributed by atoms with van der Waals surface area (Å²) in [5, 5.41) is 11.6. The van der Waals surface area contributed by atoms with E-state index in [1.807, 2.05) is 78.9 Å². The van der Waals surface area contributed by atoms with E-state index in [2.05, 4.69) is 48.4 Å². The predicted molar refractivity (Wildman–Crippen MR) is 219 cm³/mol. The van der Waals surface area contributed by atoms with Gasteiger partial charge in [0.2, 0.25) is 0 Å². The molecular weight excluding hydrogens is 766 g/mol. The lowest BCUT2D eigenvalue weighted by Gasteiger charge is -2.39. The summed E-state index contributed by atoms with van der Waals surface area (Å²) < 4.78 is 41.9. The number of hydrogen-bond donors (Lipinski definition) is 1. The van der Waals surface area contributed by atoms with Gasteiger partial charge in [0.05, 0.1) is 51.6 Å². The number of nitriles is 1. The minimum absolute atomic E-state index is 0.0102. The fourth-order valence-corrected chi connectivity index (χ4v) is 9.43. The van der Waals surface area contributed by atoms with Crippen molar-refractivity contribution in [2.45, 2.75) is 76.7 Å². The van der Waals surface area contributed by atoms with Gasteiger partial charge in [-0.2, -0.15) is 5.26 Å². The van der Waals surface area contributed by atoms with Gasteiger partial charge < -0.3 is 28.0 Å². The van der Waals surface area contributed by atoms with Crippen LogP contribution in [0, 0.1) is 11.3 Å². The third-order valence-corrected chi connectivity index (χ3v) is 12.6. The van der Waals surface area contributed by atoms with Crippen LogP contribution in [0.4, 0.5) is 0 Å². The van der Waals surface area contributed by atoms with Crippen LogP contribution in [0.1, 0.15) is 63.5 Å². The normalized spacial score (nSPS) is 17.6. The van der Waals surface area contributed by atoms with Crippen LogP contribution in [-0.4, -0.2) is 70.9 Å². The lowest BCUT2D eigenvalue weighted by molar-refractivity contribution is -0.0925. The third-order valence-electron chi connectivity index (χ3n) is 9.65. The number of thiazole rings is 1. The minimum Gasteiger partial charge on any atom is -0.497 e. The molecule has 3 aromatic carbocycles. The lowest BCUT2D eigenvalue weighted by Crippen LogP contribution is -2.39. The first-order valence-corrected chi connectivity index (χ1v) is 20.7. The Labute approximate surface area is 337 Å². The van der Waals surface area contributed by atoms with E-state index in [0.29, 0.717) is 16.5 Å². The molecule has 5 aromatic rings. The minimum atomic E-state index is -1.71. The lowest BCUT2D eigenvalue weighted by atomic mass is 9.80. The standard InChI is InChI=1S/C42H48N5O8PS/c1-28(2)47(29(3)4)56(53-23-10-21-43)55-36-25-38(46-26-35(39(48)45-41(46)49)40-44-22-24-57-40)54-37(36)27-52-42(30-11-8-7-9-12-30,31-13-17-33(50-5)18-14-31)32-15-19-34(51-6)20-16-32/h7-9,11-20,22,24,26,28-29,36-38H,10,23,25,27H2,1-6H3,(H,45,48,49). The smallest absolute Gasteiger partial charge is 0.330 e. The molecule has 2 aromatic heterocycles. The molecule has 4 unspecified atom stereocenters. The molecule has 1 fully saturated rings. The molecule has 6 rings (SSSR count). The SMILES string of the molecule is COc1ccc(C(OCC2OC(n3cc(-c4nccs4)c(=O)[nH]c3=O)CC2OP(OCCC#N)N(C(C)C)C(C)C)(c2ccccc2)c2ccc(OC)cc2)cc1. The summed E-state index contributed by atoms with van der Waals surface area (Å²) in [6.07, 6.45) is 1.29. The molecule has 13 nitrogen and oxygen atoms in total. The Bertz CT molecular complexity index is 2140. The van der Waals surface area contributed by atoms with Crippen LogP contribution < -0.4 is 20.7 Å². The van der Waals surface area contributed by atoms with Gasteiger partial charge in [-0.3, -0.25) is 14.3 Å². The Hall–Kier alpha value is -4.71. The van der Waals surface area contributed by atoms with Crippen molar-refractivity contribution in [2.24, 2.45) is 0 Å². The molecule has 0 amide bonds. The average Bonchev–Trinajstić information content (AvgIpc) is 3.90. The second-order valence-corrected chi connectivity index (χ2v) is 16.2. The predicted octanol–water partition coefficient (Wildman–Crippen LogP) is 7.63. The van der Waals surface area contributed by atoms with Crippen molar-refractivity contribution in [2.75, 3.05) is 27.4 Å². The number of nitrogens with one attached hydrogen (secondary N) is 1. The van der Waals surface area contributed by atoms with E-state index in [9.17, 15) is 14.9 Å². The number of methoxy groups -OCH3 is 2. The van der Waals surface area contributed by atoms with Crippen molar-refractivity contribution in [3.05, 3.63) is 134 Å². The zero-order chi connectivity index (χ0) is 40.5. The molecule has 15 heteroatoms. The molecule has 0 spiro atoms. The summed E-state index contributed by atoms with van der Waals surface area (Å²) in [6.45, 7) is 8.46. The Kier molecular flexibility index (Phi) is 14.1. The first kappa shape index (κ1) is 41.9. The first-order chi connectivity index (χ1) is 27.6. The van der Waals surface area contributed by atoms with E-state index in [0.717, 1.165) is 16.7 Å². The molecule has 0 aliphatic carbocycles. The van der Waals surface area contributed by atoms with Crippen LogP contribution in [0.25, 0.3) is 10.6 Å². The van der Waals surface area contributed by atoms with Crippen LogP contribution in [0.5, 0.6) is 11.5 Å². The number of H-pyrrole nitrogens is 1. The topological polar surface area (TPSA) is 150 Å². The van der Waals surface area contributed by atoms with Crippen molar-refractivity contribution < 1.29 is 28.0 Å². The maximum Gasteiger partial charge on any atom is 0.330 e. The molecule has 0 radical (unpaired) electrons. The monoisotopic (exact) mass is 813 g/mol. The van der Waals surface area contributed by atoms with Crippen molar-refractivity contribution in [1.82, 2.24) is 19.2 Å². The highest BCUT2D eigenvalue weighted by Gasteiger charge is 2.45. The number of ether oxygens (including phenoxy) is 4. The number of aromatic nitrogens is 3.